The second-order valence-electron chi connectivity index (χ2n) is 6.04. The van der Waals surface area contributed by atoms with E-state index < -0.39 is 11.9 Å². The summed E-state index contributed by atoms with van der Waals surface area (Å²) in [5.41, 5.74) is 1.81. The molecule has 27 heavy (non-hydrogen) atoms. The van der Waals surface area contributed by atoms with Crippen LogP contribution in [0.4, 0.5) is 10.5 Å². The van der Waals surface area contributed by atoms with Crippen molar-refractivity contribution in [2.24, 2.45) is 0 Å². The van der Waals surface area contributed by atoms with Gasteiger partial charge in [-0.1, -0.05) is 25.1 Å². The predicted octanol–water partition coefficient (Wildman–Crippen LogP) is 1.74. The van der Waals surface area contributed by atoms with Gasteiger partial charge in [-0.25, -0.2) is 4.79 Å². The van der Waals surface area contributed by atoms with Crippen molar-refractivity contribution in [2.75, 3.05) is 25.5 Å². The number of likely N-dealkylation sites (N-methyl/N-ethyl adjacent to an activating group) is 1. The van der Waals surface area contributed by atoms with Crippen LogP contribution in [0.2, 0.25) is 0 Å². The Morgan fingerprint density at radius 2 is 1.78 bits per heavy atom. The third kappa shape index (κ3) is 6.95. The number of carbonyl (C=O) groups excluding carboxylic acids is 3. The Hall–Kier alpha value is -3.13. The fourth-order valence-electron chi connectivity index (χ4n) is 2.48. The third-order valence-electron chi connectivity index (χ3n) is 3.76. The van der Waals surface area contributed by atoms with Gasteiger partial charge in [0.2, 0.25) is 11.8 Å². The van der Waals surface area contributed by atoms with E-state index in [1.54, 1.807) is 19.2 Å². The molecule has 0 unspecified atom stereocenters. The molecule has 0 fully saturated rings. The number of urea groups is 1. The van der Waals surface area contributed by atoms with Gasteiger partial charge in [0.15, 0.2) is 0 Å². The Kier molecular flexibility index (Phi) is 7.57. The average Bonchev–Trinajstić information content (AvgIpc) is 3.13. The zero-order valence-electron chi connectivity index (χ0n) is 15.5. The number of hydrogen-bond acceptors (Lipinski definition) is 5. The van der Waals surface area contributed by atoms with Crippen LogP contribution >= 0.6 is 0 Å². The summed E-state index contributed by atoms with van der Waals surface area (Å²) >= 11 is 0. The Bertz CT molecular complexity index is 774. The molecule has 1 heterocycles. The van der Waals surface area contributed by atoms with E-state index in [1.807, 2.05) is 31.2 Å². The molecular weight excluding hydrogens is 348 g/mol. The van der Waals surface area contributed by atoms with Gasteiger partial charge in [-0.15, -0.1) is 0 Å². The van der Waals surface area contributed by atoms with Gasteiger partial charge in [0.25, 0.3) is 0 Å². The zero-order valence-corrected chi connectivity index (χ0v) is 15.5. The van der Waals surface area contributed by atoms with Gasteiger partial charge < -0.3 is 15.1 Å². The number of amides is 4. The van der Waals surface area contributed by atoms with E-state index in [0.29, 0.717) is 5.76 Å². The van der Waals surface area contributed by atoms with Crippen molar-refractivity contribution in [1.29, 1.82) is 0 Å². The average molecular weight is 372 g/mol. The van der Waals surface area contributed by atoms with Crippen LogP contribution in [0.25, 0.3) is 0 Å². The SMILES string of the molecule is CCc1ccccc1NC(=O)CN(C)CC(=O)NC(=O)NCc1ccco1. The quantitative estimate of drug-likeness (QED) is 0.655. The summed E-state index contributed by atoms with van der Waals surface area (Å²) in [5.74, 6) is -0.150. The molecule has 0 saturated carbocycles. The van der Waals surface area contributed by atoms with Crippen molar-refractivity contribution < 1.29 is 18.8 Å². The second-order valence-corrected chi connectivity index (χ2v) is 6.04. The molecule has 2 aromatic rings. The smallest absolute Gasteiger partial charge is 0.321 e. The van der Waals surface area contributed by atoms with Crippen LogP contribution in [0.1, 0.15) is 18.2 Å². The predicted molar refractivity (Wildman–Crippen MR) is 101 cm³/mol. The number of anilines is 1. The van der Waals surface area contributed by atoms with Gasteiger partial charge in [-0.2, -0.15) is 0 Å². The lowest BCUT2D eigenvalue weighted by Gasteiger charge is -2.16. The van der Waals surface area contributed by atoms with Crippen LogP contribution in [0.5, 0.6) is 0 Å². The van der Waals surface area contributed by atoms with Gasteiger partial charge in [0.1, 0.15) is 5.76 Å². The molecule has 0 aliphatic rings. The summed E-state index contributed by atoms with van der Waals surface area (Å²) in [6, 6.07) is 10.4. The first-order valence-electron chi connectivity index (χ1n) is 8.64. The standard InChI is InChI=1S/C19H24N4O4/c1-3-14-7-4-5-9-16(14)21-17(24)12-23(2)13-18(25)22-19(26)20-11-15-8-6-10-27-15/h4-10H,3,11-13H2,1-2H3,(H,21,24)(H2,20,22,25,26). The fourth-order valence-corrected chi connectivity index (χ4v) is 2.48. The largest absolute Gasteiger partial charge is 0.467 e. The van der Waals surface area contributed by atoms with E-state index in [9.17, 15) is 14.4 Å². The number of furan rings is 1. The minimum Gasteiger partial charge on any atom is -0.467 e. The van der Waals surface area contributed by atoms with Crippen molar-refractivity contribution in [3.63, 3.8) is 0 Å². The van der Waals surface area contributed by atoms with Crippen LogP contribution in [0, 0.1) is 0 Å². The summed E-state index contributed by atoms with van der Waals surface area (Å²) in [5, 5.41) is 7.56. The molecule has 0 atom stereocenters. The van der Waals surface area contributed by atoms with E-state index in [1.165, 1.54) is 11.2 Å². The highest BCUT2D eigenvalue weighted by Gasteiger charge is 2.14. The fraction of sp³-hybridized carbons (Fsp3) is 0.316. The number of nitrogens with one attached hydrogen (secondary N) is 3. The number of imide groups is 1. The summed E-state index contributed by atoms with van der Waals surface area (Å²) < 4.78 is 5.08. The second kappa shape index (κ2) is 10.1. The van der Waals surface area contributed by atoms with E-state index in [0.717, 1.165) is 17.7 Å². The van der Waals surface area contributed by atoms with Crippen molar-refractivity contribution in [1.82, 2.24) is 15.5 Å². The molecular formula is C19H24N4O4. The Morgan fingerprint density at radius 1 is 1.04 bits per heavy atom. The minimum atomic E-state index is -0.619. The molecule has 0 aliphatic heterocycles. The highest BCUT2D eigenvalue weighted by molar-refractivity contribution is 5.96. The van der Waals surface area contributed by atoms with Crippen LogP contribution in [-0.4, -0.2) is 42.9 Å². The lowest BCUT2D eigenvalue weighted by Crippen LogP contribution is -2.44. The normalized spacial score (nSPS) is 10.5. The van der Waals surface area contributed by atoms with Gasteiger partial charge in [-0.05, 0) is 37.2 Å². The Balaban J connectivity index is 1.72. The first-order valence-corrected chi connectivity index (χ1v) is 8.64. The molecule has 4 amide bonds. The van der Waals surface area contributed by atoms with Crippen molar-refractivity contribution in [3.05, 3.63) is 54.0 Å². The number of para-hydroxylation sites is 1. The number of nitrogens with zero attached hydrogens (tertiary/aromatic N) is 1. The molecule has 0 spiro atoms. The lowest BCUT2D eigenvalue weighted by molar-refractivity contribution is -0.122. The molecule has 3 N–H and O–H groups in total. The number of hydrogen-bond donors (Lipinski definition) is 3. The molecule has 1 aromatic heterocycles. The van der Waals surface area contributed by atoms with Crippen LogP contribution in [0.15, 0.2) is 47.1 Å². The molecule has 0 saturated heterocycles. The molecule has 144 valence electrons. The van der Waals surface area contributed by atoms with Crippen molar-refractivity contribution >= 4 is 23.5 Å². The lowest BCUT2D eigenvalue weighted by atomic mass is 10.1. The van der Waals surface area contributed by atoms with E-state index in [-0.39, 0.29) is 25.5 Å². The maximum absolute atomic E-state index is 12.2. The Morgan fingerprint density at radius 3 is 2.48 bits per heavy atom. The van der Waals surface area contributed by atoms with Gasteiger partial charge in [-0.3, -0.25) is 19.8 Å². The maximum atomic E-state index is 12.2. The summed E-state index contributed by atoms with van der Waals surface area (Å²) in [6.45, 7) is 2.14. The number of aryl methyl sites for hydroxylation is 1. The van der Waals surface area contributed by atoms with Crippen molar-refractivity contribution in [3.8, 4) is 0 Å². The van der Waals surface area contributed by atoms with Crippen molar-refractivity contribution in [2.45, 2.75) is 19.9 Å². The maximum Gasteiger partial charge on any atom is 0.321 e. The molecule has 8 heteroatoms. The monoisotopic (exact) mass is 372 g/mol. The minimum absolute atomic E-state index is 0.0273. The summed E-state index contributed by atoms with van der Waals surface area (Å²) in [7, 11) is 1.63. The topological polar surface area (TPSA) is 104 Å². The van der Waals surface area contributed by atoms with Gasteiger partial charge in [0.05, 0.1) is 25.9 Å². The summed E-state index contributed by atoms with van der Waals surface area (Å²) in [4.78, 5) is 37.3. The van der Waals surface area contributed by atoms with E-state index in [2.05, 4.69) is 16.0 Å². The first-order chi connectivity index (χ1) is 13.0. The van der Waals surface area contributed by atoms with Gasteiger partial charge >= 0.3 is 6.03 Å². The van der Waals surface area contributed by atoms with Crippen LogP contribution < -0.4 is 16.0 Å². The molecule has 0 radical (unpaired) electrons. The molecule has 0 bridgehead atoms. The van der Waals surface area contributed by atoms with E-state index >= 15 is 0 Å². The highest BCUT2D eigenvalue weighted by atomic mass is 16.3. The Labute approximate surface area is 157 Å². The zero-order chi connectivity index (χ0) is 19.6. The van der Waals surface area contributed by atoms with E-state index in [4.69, 9.17) is 4.42 Å². The highest BCUT2D eigenvalue weighted by Crippen LogP contribution is 2.15. The van der Waals surface area contributed by atoms with Gasteiger partial charge in [0, 0.05) is 5.69 Å². The molecule has 2 rings (SSSR count). The number of carbonyl (C=O) groups is 3. The third-order valence-corrected chi connectivity index (χ3v) is 3.76. The first kappa shape index (κ1) is 20.2. The number of rotatable bonds is 8. The summed E-state index contributed by atoms with van der Waals surface area (Å²) in [6.07, 6.45) is 2.31. The van der Waals surface area contributed by atoms with Crippen LogP contribution in [0.3, 0.4) is 0 Å². The molecule has 8 nitrogen and oxygen atoms in total. The molecule has 0 aliphatic carbocycles. The van der Waals surface area contributed by atoms with Crippen LogP contribution in [-0.2, 0) is 22.6 Å². The number of benzene rings is 1. The molecule has 1 aromatic carbocycles.